The molecule has 0 aliphatic carbocycles. The van der Waals surface area contributed by atoms with Crippen LogP contribution in [0.2, 0.25) is 0 Å². The van der Waals surface area contributed by atoms with Crippen molar-refractivity contribution in [3.8, 4) is 16.9 Å². The molecule has 3 aromatic rings. The summed E-state index contributed by atoms with van der Waals surface area (Å²) in [6.07, 6.45) is 5.83. The van der Waals surface area contributed by atoms with Gasteiger partial charge in [-0.05, 0) is 47.5 Å². The van der Waals surface area contributed by atoms with Crippen LogP contribution in [0.5, 0.6) is 5.75 Å². The second kappa shape index (κ2) is 7.06. The molecule has 0 aliphatic rings. The van der Waals surface area contributed by atoms with Gasteiger partial charge in [-0.25, -0.2) is 0 Å². The molecular weight excluding hydrogens is 292 g/mol. The number of ether oxygens (including phenoxy) is 1. The topological polar surface area (TPSA) is 9.23 Å². The lowest BCUT2D eigenvalue weighted by atomic mass is 9.95. The Kier molecular flexibility index (Phi) is 4.68. The molecule has 0 unspecified atom stereocenters. The fourth-order valence-corrected chi connectivity index (χ4v) is 3.02. The molecule has 0 fully saturated rings. The second-order valence-electron chi connectivity index (χ2n) is 5.43. The molecule has 0 aromatic heterocycles. The summed E-state index contributed by atoms with van der Waals surface area (Å²) in [6, 6.07) is 21.1. The molecule has 1 heteroatoms. The second-order valence-corrected chi connectivity index (χ2v) is 5.43. The molecule has 1 nitrogen and oxygen atoms in total. The molecule has 0 bridgehead atoms. The molecule has 118 valence electrons. The van der Waals surface area contributed by atoms with Crippen LogP contribution in [0, 0.1) is 12.1 Å². The van der Waals surface area contributed by atoms with Crippen LogP contribution in [0.15, 0.2) is 55.1 Å². The van der Waals surface area contributed by atoms with Crippen molar-refractivity contribution in [2.45, 2.75) is 13.8 Å². The zero-order valence-electron chi connectivity index (χ0n) is 14.1. The van der Waals surface area contributed by atoms with E-state index in [4.69, 9.17) is 4.74 Å². The van der Waals surface area contributed by atoms with Crippen LogP contribution in [-0.4, -0.2) is 6.61 Å². The average Bonchev–Trinajstić information content (AvgIpc) is 2.62. The van der Waals surface area contributed by atoms with Gasteiger partial charge < -0.3 is 4.74 Å². The molecule has 3 aromatic carbocycles. The number of fused-ring (bicyclic) bond motifs is 1. The van der Waals surface area contributed by atoms with Crippen molar-refractivity contribution >= 4 is 22.9 Å². The van der Waals surface area contributed by atoms with Gasteiger partial charge in [0.2, 0.25) is 0 Å². The minimum atomic E-state index is 0.593. The van der Waals surface area contributed by atoms with Gasteiger partial charge in [0, 0.05) is 10.8 Å². The van der Waals surface area contributed by atoms with E-state index in [9.17, 15) is 0 Å². The van der Waals surface area contributed by atoms with Crippen molar-refractivity contribution in [3.05, 3.63) is 77.7 Å². The molecule has 0 saturated heterocycles. The molecule has 24 heavy (non-hydrogen) atoms. The van der Waals surface area contributed by atoms with Gasteiger partial charge in [-0.3, -0.25) is 0 Å². The first-order chi connectivity index (χ1) is 11.8. The van der Waals surface area contributed by atoms with E-state index in [0.717, 1.165) is 27.3 Å². The Bertz CT molecular complexity index is 991. The Hall–Kier alpha value is -2.98. The lowest BCUT2D eigenvalue weighted by Gasteiger charge is -2.12. The van der Waals surface area contributed by atoms with Gasteiger partial charge in [0.05, 0.1) is 6.61 Å². The number of rotatable bonds is 4. The van der Waals surface area contributed by atoms with E-state index in [1.807, 2.05) is 19.9 Å². The minimum Gasteiger partial charge on any atom is -0.485 e. The first-order valence-electron chi connectivity index (χ1n) is 8.17. The van der Waals surface area contributed by atoms with Gasteiger partial charge in [0.15, 0.2) is 5.75 Å². The van der Waals surface area contributed by atoms with E-state index in [0.29, 0.717) is 6.61 Å². The zero-order chi connectivity index (χ0) is 16.9. The van der Waals surface area contributed by atoms with Crippen LogP contribution < -0.4 is 15.2 Å². The maximum Gasteiger partial charge on any atom is 0.178 e. The molecular formula is C23H20O. The van der Waals surface area contributed by atoms with E-state index >= 15 is 0 Å². The summed E-state index contributed by atoms with van der Waals surface area (Å²) in [5, 5.41) is 4.47. The summed E-state index contributed by atoms with van der Waals surface area (Å²) in [4.78, 5) is 0. The van der Waals surface area contributed by atoms with E-state index < -0.39 is 0 Å². The number of hydrogen-bond acceptors (Lipinski definition) is 1. The van der Waals surface area contributed by atoms with Crippen LogP contribution in [0.1, 0.15) is 13.8 Å². The van der Waals surface area contributed by atoms with Crippen LogP contribution in [-0.2, 0) is 0 Å². The molecule has 0 N–H and O–H groups in total. The third-order valence-electron chi connectivity index (χ3n) is 4.02. The quantitative estimate of drug-likeness (QED) is 0.699. The van der Waals surface area contributed by atoms with E-state index in [1.54, 1.807) is 6.08 Å². The molecule has 0 heterocycles. The molecule has 0 spiro atoms. The summed E-state index contributed by atoms with van der Waals surface area (Å²) in [7, 11) is 0. The summed E-state index contributed by atoms with van der Waals surface area (Å²) in [5.74, 6) is 0.739. The standard InChI is InChI=1S/C23H20O/c1-4-10-17-15-16-22(24-6-3)23(19(17)5-2)21-14-9-12-18-11-7-8-13-20(18)21/h4-5,7-14H,1,6H2,2-3H3/b17-10-,19-5+. The highest BCUT2D eigenvalue weighted by Gasteiger charge is 2.11. The van der Waals surface area contributed by atoms with Gasteiger partial charge >= 0.3 is 0 Å². The first kappa shape index (κ1) is 15.9. The molecule has 0 radical (unpaired) electrons. The number of hydrogen-bond donors (Lipinski definition) is 0. The molecule has 0 atom stereocenters. The first-order valence-corrected chi connectivity index (χ1v) is 8.17. The van der Waals surface area contributed by atoms with E-state index in [2.05, 4.69) is 67.3 Å². The number of allylic oxidation sites excluding steroid dienone is 1. The van der Waals surface area contributed by atoms with Crippen LogP contribution in [0.25, 0.3) is 34.1 Å². The van der Waals surface area contributed by atoms with E-state index in [-0.39, 0.29) is 0 Å². The van der Waals surface area contributed by atoms with Crippen molar-refractivity contribution in [3.63, 3.8) is 0 Å². The predicted molar refractivity (Wildman–Crippen MR) is 102 cm³/mol. The average molecular weight is 312 g/mol. The highest BCUT2D eigenvalue weighted by molar-refractivity contribution is 5.98. The highest BCUT2D eigenvalue weighted by Crippen LogP contribution is 2.31. The van der Waals surface area contributed by atoms with Crippen LogP contribution >= 0.6 is 0 Å². The molecule has 3 rings (SSSR count). The normalized spacial score (nSPS) is 12.2. The van der Waals surface area contributed by atoms with Crippen LogP contribution in [0.3, 0.4) is 0 Å². The van der Waals surface area contributed by atoms with Gasteiger partial charge in [0.1, 0.15) is 0 Å². The summed E-state index contributed by atoms with van der Waals surface area (Å²) >= 11 is 0. The number of benzene rings is 2. The third kappa shape index (κ3) is 2.79. The Labute approximate surface area is 143 Å². The minimum absolute atomic E-state index is 0.593. The zero-order valence-corrected chi connectivity index (χ0v) is 14.1. The predicted octanol–water partition coefficient (Wildman–Crippen LogP) is 4.27. The fourth-order valence-electron chi connectivity index (χ4n) is 3.02. The largest absolute Gasteiger partial charge is 0.485 e. The van der Waals surface area contributed by atoms with Crippen molar-refractivity contribution in [1.82, 2.24) is 0 Å². The van der Waals surface area contributed by atoms with Crippen LogP contribution in [0.4, 0.5) is 0 Å². The van der Waals surface area contributed by atoms with Gasteiger partial charge in [0.25, 0.3) is 0 Å². The Morgan fingerprint density at radius 1 is 1.08 bits per heavy atom. The highest BCUT2D eigenvalue weighted by atomic mass is 16.5. The lowest BCUT2D eigenvalue weighted by molar-refractivity contribution is 0.341. The fraction of sp³-hybridized carbons (Fsp3) is 0.130. The van der Waals surface area contributed by atoms with Gasteiger partial charge in [-0.15, -0.1) is 0 Å². The van der Waals surface area contributed by atoms with Crippen molar-refractivity contribution < 1.29 is 4.74 Å². The monoisotopic (exact) mass is 312 g/mol. The summed E-state index contributed by atoms with van der Waals surface area (Å²) < 4.78 is 5.87. The smallest absolute Gasteiger partial charge is 0.178 e. The Balaban J connectivity index is 2.47. The van der Waals surface area contributed by atoms with E-state index in [1.165, 1.54) is 10.8 Å². The maximum absolute atomic E-state index is 5.87. The molecule has 0 saturated carbocycles. The Morgan fingerprint density at radius 2 is 1.88 bits per heavy atom. The summed E-state index contributed by atoms with van der Waals surface area (Å²) in [5.41, 5.74) is 2.21. The van der Waals surface area contributed by atoms with Gasteiger partial charge in [-0.1, -0.05) is 67.3 Å². The maximum atomic E-state index is 5.87. The molecule has 0 aliphatic heterocycles. The van der Waals surface area contributed by atoms with Crippen molar-refractivity contribution in [1.29, 1.82) is 0 Å². The third-order valence-corrected chi connectivity index (χ3v) is 4.02. The molecule has 0 amide bonds. The Morgan fingerprint density at radius 3 is 2.62 bits per heavy atom. The van der Waals surface area contributed by atoms with Crippen molar-refractivity contribution in [2.24, 2.45) is 0 Å². The SMILES string of the molecule is C=C/C=c1/c#cc(OCC)c(-c2cccc3ccccc23)/c1=C/C. The van der Waals surface area contributed by atoms with Gasteiger partial charge in [-0.2, -0.15) is 0 Å². The van der Waals surface area contributed by atoms with Crippen molar-refractivity contribution in [2.75, 3.05) is 6.61 Å². The lowest BCUT2D eigenvalue weighted by Crippen LogP contribution is -2.26. The summed E-state index contributed by atoms with van der Waals surface area (Å²) in [6.45, 7) is 8.42.